The van der Waals surface area contributed by atoms with Crippen LogP contribution in [0.5, 0.6) is 5.75 Å². The lowest BCUT2D eigenvalue weighted by atomic mass is 10.2. The second-order valence-electron chi connectivity index (χ2n) is 4.85. The van der Waals surface area contributed by atoms with Crippen LogP contribution in [0.15, 0.2) is 47.6 Å². The van der Waals surface area contributed by atoms with Crippen LogP contribution in [0, 0.1) is 0 Å². The third kappa shape index (κ3) is 4.82. The number of hydrazone groups is 1. The quantitative estimate of drug-likeness (QED) is 0.645. The number of rotatable bonds is 5. The molecule has 0 saturated heterocycles. The van der Waals surface area contributed by atoms with Gasteiger partial charge in [0.25, 0.3) is 5.91 Å². The van der Waals surface area contributed by atoms with Crippen LogP contribution in [0.25, 0.3) is 0 Å². The standard InChI is InChI=1S/C17H16ClN3O3/c1-11(22)20-15-5-3-4-12(9-15)17(23)21-19-10-13-8-14(18)6-7-16(13)24-2/h3-10H,1-2H3,(H,20,22)(H,21,23). The molecule has 0 radical (unpaired) electrons. The second kappa shape index (κ2) is 8.12. The molecule has 2 rings (SSSR count). The summed E-state index contributed by atoms with van der Waals surface area (Å²) in [4.78, 5) is 23.2. The Labute approximate surface area is 144 Å². The topological polar surface area (TPSA) is 79.8 Å². The van der Waals surface area contributed by atoms with E-state index >= 15 is 0 Å². The van der Waals surface area contributed by atoms with Crippen LogP contribution in [0.3, 0.4) is 0 Å². The number of hydrogen-bond acceptors (Lipinski definition) is 4. The number of hydrogen-bond donors (Lipinski definition) is 2. The first-order valence-electron chi connectivity index (χ1n) is 7.04. The molecule has 7 heteroatoms. The first-order chi connectivity index (χ1) is 11.5. The Morgan fingerprint density at radius 3 is 2.71 bits per heavy atom. The van der Waals surface area contributed by atoms with Crippen molar-refractivity contribution in [1.29, 1.82) is 0 Å². The summed E-state index contributed by atoms with van der Waals surface area (Å²) in [5.41, 5.74) is 3.96. The van der Waals surface area contributed by atoms with Crippen LogP contribution in [0.2, 0.25) is 5.02 Å². The molecule has 0 aliphatic rings. The minimum absolute atomic E-state index is 0.210. The largest absolute Gasteiger partial charge is 0.496 e. The first kappa shape index (κ1) is 17.5. The fourth-order valence-electron chi connectivity index (χ4n) is 1.97. The minimum atomic E-state index is -0.403. The number of anilines is 1. The third-order valence-electron chi connectivity index (χ3n) is 3.01. The lowest BCUT2D eigenvalue weighted by Crippen LogP contribution is -2.18. The Kier molecular flexibility index (Phi) is 5.92. The Morgan fingerprint density at radius 2 is 2.00 bits per heavy atom. The molecule has 0 aromatic heterocycles. The van der Waals surface area contributed by atoms with E-state index in [9.17, 15) is 9.59 Å². The molecule has 0 spiro atoms. The number of methoxy groups -OCH3 is 1. The molecule has 0 saturated carbocycles. The SMILES string of the molecule is COc1ccc(Cl)cc1C=NNC(=O)c1cccc(NC(C)=O)c1. The molecule has 0 fully saturated rings. The summed E-state index contributed by atoms with van der Waals surface area (Å²) < 4.78 is 5.19. The zero-order valence-electron chi connectivity index (χ0n) is 13.2. The molecule has 6 nitrogen and oxygen atoms in total. The molecule has 0 unspecified atom stereocenters. The van der Waals surface area contributed by atoms with Crippen molar-refractivity contribution in [1.82, 2.24) is 5.43 Å². The number of nitrogens with one attached hydrogen (secondary N) is 2. The number of benzene rings is 2. The predicted molar refractivity (Wildman–Crippen MR) is 93.8 cm³/mol. The maximum Gasteiger partial charge on any atom is 0.271 e. The number of nitrogens with zero attached hydrogens (tertiary/aromatic N) is 1. The van der Waals surface area contributed by atoms with Crippen molar-refractivity contribution in [2.45, 2.75) is 6.92 Å². The van der Waals surface area contributed by atoms with E-state index in [-0.39, 0.29) is 5.91 Å². The summed E-state index contributed by atoms with van der Waals surface area (Å²) in [6.45, 7) is 1.40. The van der Waals surface area contributed by atoms with Gasteiger partial charge in [-0.2, -0.15) is 5.10 Å². The van der Waals surface area contributed by atoms with Crippen molar-refractivity contribution in [3.05, 3.63) is 58.6 Å². The van der Waals surface area contributed by atoms with E-state index in [1.807, 2.05) is 0 Å². The van der Waals surface area contributed by atoms with Gasteiger partial charge in [-0.05, 0) is 36.4 Å². The Morgan fingerprint density at radius 1 is 1.21 bits per heavy atom. The minimum Gasteiger partial charge on any atom is -0.496 e. The molecule has 24 heavy (non-hydrogen) atoms. The summed E-state index contributed by atoms with van der Waals surface area (Å²) >= 11 is 5.93. The van der Waals surface area contributed by atoms with E-state index in [0.29, 0.717) is 27.6 Å². The molecule has 124 valence electrons. The molecule has 0 atom stereocenters. The van der Waals surface area contributed by atoms with Gasteiger partial charge in [-0.25, -0.2) is 5.43 Å². The van der Waals surface area contributed by atoms with Gasteiger partial charge in [0.05, 0.1) is 13.3 Å². The normalized spacial score (nSPS) is 10.5. The van der Waals surface area contributed by atoms with E-state index in [1.54, 1.807) is 42.5 Å². The number of halogens is 1. The van der Waals surface area contributed by atoms with E-state index in [4.69, 9.17) is 16.3 Å². The Balaban J connectivity index is 2.08. The summed E-state index contributed by atoms with van der Waals surface area (Å²) in [7, 11) is 1.53. The highest BCUT2D eigenvalue weighted by molar-refractivity contribution is 6.30. The molecule has 0 aliphatic heterocycles. The average molecular weight is 346 g/mol. The van der Waals surface area contributed by atoms with E-state index in [0.717, 1.165) is 0 Å². The van der Waals surface area contributed by atoms with Crippen LogP contribution in [-0.2, 0) is 4.79 Å². The monoisotopic (exact) mass is 345 g/mol. The lowest BCUT2D eigenvalue weighted by molar-refractivity contribution is -0.114. The Hall–Kier alpha value is -2.86. The summed E-state index contributed by atoms with van der Waals surface area (Å²) in [5, 5.41) is 7.06. The van der Waals surface area contributed by atoms with Crippen LogP contribution in [0.4, 0.5) is 5.69 Å². The average Bonchev–Trinajstić information content (AvgIpc) is 2.54. The number of amides is 2. The van der Waals surface area contributed by atoms with Gasteiger partial charge in [-0.3, -0.25) is 9.59 Å². The molecule has 2 aromatic rings. The van der Waals surface area contributed by atoms with E-state index in [2.05, 4.69) is 15.8 Å². The van der Waals surface area contributed by atoms with Crippen molar-refractivity contribution in [2.75, 3.05) is 12.4 Å². The van der Waals surface area contributed by atoms with Crippen molar-refractivity contribution in [3.63, 3.8) is 0 Å². The number of carbonyl (C=O) groups is 2. The molecule has 2 aromatic carbocycles. The van der Waals surface area contributed by atoms with Crippen molar-refractivity contribution >= 4 is 35.3 Å². The van der Waals surface area contributed by atoms with Gasteiger partial charge < -0.3 is 10.1 Å². The predicted octanol–water partition coefficient (Wildman–Crippen LogP) is 3.07. The number of ether oxygens (including phenoxy) is 1. The highest BCUT2D eigenvalue weighted by Crippen LogP contribution is 2.20. The molecule has 2 amide bonds. The summed E-state index contributed by atoms with van der Waals surface area (Å²) in [6.07, 6.45) is 1.44. The van der Waals surface area contributed by atoms with Crippen LogP contribution in [0.1, 0.15) is 22.8 Å². The van der Waals surface area contributed by atoms with Gasteiger partial charge in [-0.1, -0.05) is 17.7 Å². The van der Waals surface area contributed by atoms with Gasteiger partial charge in [0, 0.05) is 28.8 Å². The second-order valence-corrected chi connectivity index (χ2v) is 5.28. The fourth-order valence-corrected chi connectivity index (χ4v) is 2.15. The molecule has 0 bridgehead atoms. The molecule has 0 aliphatic carbocycles. The van der Waals surface area contributed by atoms with Crippen molar-refractivity contribution < 1.29 is 14.3 Å². The van der Waals surface area contributed by atoms with Crippen LogP contribution >= 0.6 is 11.6 Å². The van der Waals surface area contributed by atoms with Gasteiger partial charge in [0.15, 0.2) is 0 Å². The highest BCUT2D eigenvalue weighted by atomic mass is 35.5. The first-order valence-corrected chi connectivity index (χ1v) is 7.42. The third-order valence-corrected chi connectivity index (χ3v) is 3.24. The fraction of sp³-hybridized carbons (Fsp3) is 0.118. The van der Waals surface area contributed by atoms with Gasteiger partial charge in [-0.15, -0.1) is 0 Å². The van der Waals surface area contributed by atoms with Crippen LogP contribution in [-0.4, -0.2) is 25.1 Å². The molecule has 2 N–H and O–H groups in total. The van der Waals surface area contributed by atoms with Crippen LogP contribution < -0.4 is 15.5 Å². The molecule has 0 heterocycles. The summed E-state index contributed by atoms with van der Waals surface area (Å²) in [5.74, 6) is -0.0249. The van der Waals surface area contributed by atoms with Gasteiger partial charge in [0.1, 0.15) is 5.75 Å². The van der Waals surface area contributed by atoms with Crippen molar-refractivity contribution in [2.24, 2.45) is 5.10 Å². The highest BCUT2D eigenvalue weighted by Gasteiger charge is 2.06. The maximum absolute atomic E-state index is 12.1. The lowest BCUT2D eigenvalue weighted by Gasteiger charge is -2.06. The molecular weight excluding hydrogens is 330 g/mol. The zero-order valence-corrected chi connectivity index (χ0v) is 13.9. The molecular formula is C17H16ClN3O3. The maximum atomic E-state index is 12.1. The van der Waals surface area contributed by atoms with Gasteiger partial charge >= 0.3 is 0 Å². The van der Waals surface area contributed by atoms with E-state index in [1.165, 1.54) is 20.2 Å². The Bertz CT molecular complexity index is 790. The summed E-state index contributed by atoms with van der Waals surface area (Å²) in [6, 6.07) is 11.6. The number of carbonyl (C=O) groups excluding carboxylic acids is 2. The van der Waals surface area contributed by atoms with Crippen molar-refractivity contribution in [3.8, 4) is 5.75 Å². The van der Waals surface area contributed by atoms with E-state index < -0.39 is 5.91 Å². The smallest absolute Gasteiger partial charge is 0.271 e. The van der Waals surface area contributed by atoms with Gasteiger partial charge in [0.2, 0.25) is 5.91 Å². The zero-order chi connectivity index (χ0) is 17.5.